The summed E-state index contributed by atoms with van der Waals surface area (Å²) in [5.41, 5.74) is 2.40. The minimum absolute atomic E-state index is 0.898. The molecule has 150 valence electrons. The fourth-order valence-electron chi connectivity index (χ4n) is 2.58. The van der Waals surface area contributed by atoms with E-state index in [-0.39, 0.29) is 0 Å². The van der Waals surface area contributed by atoms with Gasteiger partial charge in [0.2, 0.25) is 5.52 Å². The topological polar surface area (TPSA) is 109 Å². The molecule has 0 atom stereocenters. The molecule has 0 aliphatic rings. The number of thiazole rings is 1. The Labute approximate surface area is 169 Å². The Morgan fingerprint density at radius 3 is 2.32 bits per heavy atom. The minimum Gasteiger partial charge on any atom is -0.497 e. The molecule has 3 aromatic rings. The van der Waals surface area contributed by atoms with Gasteiger partial charge in [-0.2, -0.15) is 4.57 Å². The normalized spacial score (nSPS) is 11.4. The van der Waals surface area contributed by atoms with Crippen molar-refractivity contribution < 1.29 is 38.2 Å². The lowest BCUT2D eigenvalue weighted by atomic mass is 10.3. The molecule has 2 aromatic carbocycles. The fourth-order valence-corrected chi connectivity index (χ4v) is 3.68. The van der Waals surface area contributed by atoms with E-state index < -0.39 is 10.2 Å². The van der Waals surface area contributed by atoms with E-state index in [2.05, 4.69) is 72.1 Å². The molecular formula is C19H21ClN2O5S. The van der Waals surface area contributed by atoms with E-state index in [9.17, 15) is 0 Å². The number of halogens is 1. The number of ether oxygens (including phenoxy) is 1. The first-order valence-corrected chi connectivity index (χ1v) is 10.4. The first-order chi connectivity index (χ1) is 13.2. The number of hydrogen-bond donors (Lipinski definition) is 0. The highest BCUT2D eigenvalue weighted by Crippen LogP contribution is 2.25. The number of rotatable bonds is 5. The maximum atomic E-state index is 8.49. The van der Waals surface area contributed by atoms with Gasteiger partial charge in [-0.1, -0.05) is 29.5 Å². The predicted octanol–water partition coefficient (Wildman–Crippen LogP) is -0.432. The van der Waals surface area contributed by atoms with Crippen LogP contribution in [0.1, 0.15) is 11.9 Å². The number of aromatic nitrogens is 1. The van der Waals surface area contributed by atoms with E-state index >= 15 is 0 Å². The largest absolute Gasteiger partial charge is 0.497 e. The number of fused-ring (bicyclic) bond motifs is 1. The van der Waals surface area contributed by atoms with Crippen molar-refractivity contribution in [1.29, 1.82) is 0 Å². The van der Waals surface area contributed by atoms with Crippen molar-refractivity contribution in [3.63, 3.8) is 0 Å². The maximum absolute atomic E-state index is 8.49. The smallest absolute Gasteiger partial charge is 0.264 e. The Bertz CT molecular complexity index is 919. The number of aryl methyl sites for hydroxylation is 1. The van der Waals surface area contributed by atoms with Crippen molar-refractivity contribution in [1.82, 2.24) is 0 Å². The molecule has 7 nitrogen and oxygen atoms in total. The zero-order valence-corrected chi connectivity index (χ0v) is 17.3. The number of para-hydroxylation sites is 1. The molecule has 1 aromatic heterocycles. The molecule has 0 aliphatic heterocycles. The van der Waals surface area contributed by atoms with Crippen molar-refractivity contribution in [3.05, 3.63) is 59.7 Å². The maximum Gasteiger partial charge on any atom is 0.264 e. The van der Waals surface area contributed by atoms with Crippen molar-refractivity contribution >= 4 is 33.3 Å². The quantitative estimate of drug-likeness (QED) is 0.514. The molecule has 0 saturated carbocycles. The van der Waals surface area contributed by atoms with Gasteiger partial charge in [-0.15, -0.1) is 10.2 Å². The monoisotopic (exact) mass is 424 g/mol. The van der Waals surface area contributed by atoms with Crippen LogP contribution in [0.25, 0.3) is 16.3 Å². The number of hydrogen-bond acceptors (Lipinski definition) is 7. The summed E-state index contributed by atoms with van der Waals surface area (Å²) >= 11 is 1.80. The molecule has 0 N–H and O–H groups in total. The van der Waals surface area contributed by atoms with Gasteiger partial charge in [-0.3, -0.25) is 0 Å². The van der Waals surface area contributed by atoms with Gasteiger partial charge in [0.05, 0.1) is 13.2 Å². The van der Waals surface area contributed by atoms with E-state index in [0.717, 1.165) is 12.3 Å². The molecule has 1 heterocycles. The summed E-state index contributed by atoms with van der Waals surface area (Å²) in [6.45, 7) is 3.10. The van der Waals surface area contributed by atoms with Gasteiger partial charge >= 0.3 is 0 Å². The van der Waals surface area contributed by atoms with Gasteiger partial charge in [-0.05, 0) is 31.2 Å². The summed E-state index contributed by atoms with van der Waals surface area (Å²) in [5.74, 6) is 0.898. The molecule has 0 radical (unpaired) electrons. The van der Waals surface area contributed by atoms with E-state index in [1.807, 2.05) is 12.1 Å². The Hall–Kier alpha value is -2.20. The molecule has 0 unspecified atom stereocenters. The number of benzene rings is 2. The second kappa shape index (κ2) is 9.83. The highest BCUT2D eigenvalue weighted by atomic mass is 35.7. The molecule has 9 heteroatoms. The van der Waals surface area contributed by atoms with Crippen LogP contribution in [0.3, 0.4) is 0 Å². The van der Waals surface area contributed by atoms with E-state index in [1.165, 1.54) is 20.9 Å². The Balaban J connectivity index is 0.000000500. The molecule has 0 amide bonds. The average Bonchev–Trinajstić information content (AvgIpc) is 3.01. The lowest BCUT2D eigenvalue weighted by Crippen LogP contribution is -2.68. The summed E-state index contributed by atoms with van der Waals surface area (Å²) < 4.78 is 42.9. The van der Waals surface area contributed by atoms with Crippen molar-refractivity contribution in [2.45, 2.75) is 13.5 Å². The Morgan fingerprint density at radius 1 is 1.11 bits per heavy atom. The third kappa shape index (κ3) is 6.45. The summed E-state index contributed by atoms with van der Waals surface area (Å²) in [6, 6.07) is 16.6. The Morgan fingerprint density at radius 2 is 1.75 bits per heavy atom. The van der Waals surface area contributed by atoms with Crippen LogP contribution in [0, 0.1) is 10.2 Å². The molecule has 0 fully saturated rings. The molecule has 3 rings (SSSR count). The van der Waals surface area contributed by atoms with E-state index in [1.54, 1.807) is 18.4 Å². The van der Waals surface area contributed by atoms with Crippen LogP contribution >= 0.6 is 11.3 Å². The van der Waals surface area contributed by atoms with Gasteiger partial charge < -0.3 is 9.64 Å². The van der Waals surface area contributed by atoms with Crippen LogP contribution in [0.15, 0.2) is 54.7 Å². The van der Waals surface area contributed by atoms with Crippen molar-refractivity contribution in [2.75, 3.05) is 19.1 Å². The third-order valence-electron chi connectivity index (χ3n) is 3.86. The van der Waals surface area contributed by atoms with Gasteiger partial charge in [0, 0.05) is 25.0 Å². The molecule has 28 heavy (non-hydrogen) atoms. The van der Waals surface area contributed by atoms with Crippen LogP contribution in [-0.2, 0) is 6.54 Å². The van der Waals surface area contributed by atoms with Crippen LogP contribution in [0.5, 0.6) is 5.75 Å². The lowest BCUT2D eigenvalue weighted by Gasteiger charge is -2.17. The molecule has 0 bridgehead atoms. The van der Waals surface area contributed by atoms with Crippen LogP contribution in [-0.4, -0.2) is 14.2 Å². The summed E-state index contributed by atoms with van der Waals surface area (Å²) in [4.78, 5) is 2.13. The van der Waals surface area contributed by atoms with Crippen molar-refractivity contribution in [2.24, 2.45) is 0 Å². The van der Waals surface area contributed by atoms with E-state index in [4.69, 9.17) is 23.4 Å². The highest BCUT2D eigenvalue weighted by molar-refractivity contribution is 7.18. The average molecular weight is 425 g/mol. The van der Waals surface area contributed by atoms with Crippen LogP contribution in [0.2, 0.25) is 0 Å². The number of methoxy groups -OCH3 is 1. The van der Waals surface area contributed by atoms with Crippen LogP contribution < -0.4 is 32.8 Å². The van der Waals surface area contributed by atoms with Gasteiger partial charge in [0.25, 0.3) is 5.01 Å². The minimum atomic E-state index is -4.94. The Kier molecular flexibility index (Phi) is 7.76. The number of nitrogens with zero attached hydrogens (tertiary/aromatic N) is 2. The van der Waals surface area contributed by atoms with Gasteiger partial charge in [0.1, 0.15) is 17.0 Å². The zero-order valence-electron chi connectivity index (χ0n) is 15.7. The summed E-state index contributed by atoms with van der Waals surface area (Å²) in [5, 5.41) is 1.23. The second-order valence-corrected chi connectivity index (χ2v) is 7.48. The fraction of sp³-hybridized carbons (Fsp3) is 0.211. The molecular weight excluding hydrogens is 404 g/mol. The molecule has 0 aliphatic carbocycles. The lowest BCUT2D eigenvalue weighted by molar-refractivity contribution is -2.00. The first kappa shape index (κ1) is 22.1. The zero-order chi connectivity index (χ0) is 20.7. The molecule has 0 saturated heterocycles. The first-order valence-electron chi connectivity index (χ1n) is 8.31. The van der Waals surface area contributed by atoms with Gasteiger partial charge in [-0.25, -0.2) is 18.6 Å². The van der Waals surface area contributed by atoms with Gasteiger partial charge in [0.15, 0.2) is 0 Å². The van der Waals surface area contributed by atoms with Crippen LogP contribution in [0.4, 0.5) is 5.69 Å². The standard InChI is InChI=1S/C19H21N2OS.ClHO4/c1-4-21-17-14-16(22-3)10-11-18(17)23-19(21)12-13-20(2)15-8-6-5-7-9-15;2-1(3,4)5/h5-14H,4H2,1-3H3;(H,2,3,4,5)/q+1;/p-1. The highest BCUT2D eigenvalue weighted by Gasteiger charge is 2.17. The van der Waals surface area contributed by atoms with Crippen molar-refractivity contribution in [3.8, 4) is 5.75 Å². The summed E-state index contributed by atoms with van der Waals surface area (Å²) in [6.07, 6.45) is 4.29. The molecule has 0 spiro atoms. The predicted molar refractivity (Wildman–Crippen MR) is 98.1 cm³/mol. The third-order valence-corrected chi connectivity index (χ3v) is 4.99. The number of anilines is 1. The summed E-state index contributed by atoms with van der Waals surface area (Å²) in [7, 11) is -1.17. The SMILES string of the molecule is CC[n+]1c(/C=C/N(C)c2ccccc2)sc2ccc(OC)cc21.[O-][Cl+3]([O-])([O-])[O-]. The van der Waals surface area contributed by atoms with E-state index in [0.29, 0.717) is 0 Å². The second-order valence-electron chi connectivity index (χ2n) is 5.66.